The Morgan fingerprint density at radius 2 is 1.77 bits per heavy atom. The molecule has 6 aliphatic rings. The van der Waals surface area contributed by atoms with Crippen molar-refractivity contribution in [3.63, 3.8) is 0 Å². The zero-order valence-electron chi connectivity index (χ0n) is 30.8. The van der Waals surface area contributed by atoms with E-state index in [1.807, 2.05) is 0 Å². The number of allylic oxidation sites excluding steroid dienone is 1. The van der Waals surface area contributed by atoms with Crippen LogP contribution in [0, 0.1) is 51.8 Å². The molecular weight excluding hydrogens is 711 g/mol. The third-order valence-corrected chi connectivity index (χ3v) is 15.4. The fraction of sp³-hybridized carbons (Fsp3) is 0.902. The second-order valence-corrected chi connectivity index (χ2v) is 18.7. The van der Waals surface area contributed by atoms with E-state index in [0.717, 1.165) is 68.1 Å². The van der Waals surface area contributed by atoms with Gasteiger partial charge in [-0.1, -0.05) is 107 Å². The van der Waals surface area contributed by atoms with E-state index in [9.17, 15) is 14.7 Å². The summed E-state index contributed by atoms with van der Waals surface area (Å²) in [4.78, 5) is 33.1. The number of alkyl halides is 1. The molecule has 0 amide bonds. The molecule has 1 N–H and O–H groups in total. The molecule has 2 heterocycles. The van der Waals surface area contributed by atoms with Gasteiger partial charge >= 0.3 is 5.97 Å². The lowest BCUT2D eigenvalue weighted by atomic mass is 9.43. The maximum absolute atomic E-state index is 14.2. The highest BCUT2D eigenvalue weighted by molar-refractivity contribution is 14.1. The average Bonchev–Trinajstić information content (AvgIpc) is 3.55. The molecule has 6 rings (SSSR count). The fourth-order valence-electron chi connectivity index (χ4n) is 12.7. The highest BCUT2D eigenvalue weighted by Crippen LogP contribution is 2.82. The summed E-state index contributed by atoms with van der Waals surface area (Å²) >= 11 is 2.49. The van der Waals surface area contributed by atoms with Crippen molar-refractivity contribution in [2.75, 3.05) is 43.7 Å². The quantitative estimate of drug-likeness (QED) is 0.0591. The molecule has 0 aromatic heterocycles. The molecule has 2 aliphatic heterocycles. The Hall–Kier alpha value is -0.510. The number of piperidine rings is 1. The molecule has 6 nitrogen and oxygen atoms in total. The number of nitrogens with zero attached hydrogens (tertiary/aromatic N) is 2. The largest absolute Gasteiger partial charge is 0.481 e. The van der Waals surface area contributed by atoms with Crippen LogP contribution in [-0.2, 0) is 14.3 Å². The fourth-order valence-corrected chi connectivity index (χ4v) is 13.7. The number of rotatable bonds is 15. The molecule has 48 heavy (non-hydrogen) atoms. The highest BCUT2D eigenvalue weighted by Gasteiger charge is 2.84. The Kier molecular flexibility index (Phi) is 12.1. The predicted molar refractivity (Wildman–Crippen MR) is 202 cm³/mol. The summed E-state index contributed by atoms with van der Waals surface area (Å²) in [6.45, 7) is 15.7. The van der Waals surface area contributed by atoms with Crippen LogP contribution in [0.15, 0.2) is 11.6 Å². The van der Waals surface area contributed by atoms with Crippen molar-refractivity contribution in [2.45, 2.75) is 136 Å². The SMILES string of the molecule is CCCN(CCN1CCCCC1)CC1OC(C23C[C@H]([C@H](C)CCI)CC4(C=O)CC2C=C(C(C)C)[C@]43C(=O)O)CC1C1CCCCCC1. The zero-order valence-corrected chi connectivity index (χ0v) is 32.9. The highest BCUT2D eigenvalue weighted by atomic mass is 127. The Balaban J connectivity index is 1.37. The molecule has 0 aromatic carbocycles. The number of halogens is 1. The first kappa shape index (κ1) is 37.3. The number of carbonyl (C=O) groups excluding carboxylic acids is 1. The minimum Gasteiger partial charge on any atom is -0.481 e. The first-order valence-corrected chi connectivity index (χ1v) is 21.8. The summed E-state index contributed by atoms with van der Waals surface area (Å²) in [6.07, 6.45) is 20.9. The van der Waals surface area contributed by atoms with Crippen LogP contribution in [0.2, 0.25) is 0 Å². The molecule has 4 bridgehead atoms. The van der Waals surface area contributed by atoms with E-state index >= 15 is 0 Å². The van der Waals surface area contributed by atoms with E-state index in [2.05, 4.69) is 66.2 Å². The molecule has 4 aliphatic carbocycles. The lowest BCUT2D eigenvalue weighted by Gasteiger charge is -2.58. The Bertz CT molecular complexity index is 1150. The normalized spacial score (nSPS) is 39.6. The molecule has 9 atom stereocenters. The molecule has 3 saturated carbocycles. The Morgan fingerprint density at radius 3 is 2.40 bits per heavy atom. The number of hydrogen-bond acceptors (Lipinski definition) is 5. The lowest BCUT2D eigenvalue weighted by Crippen LogP contribution is -2.63. The van der Waals surface area contributed by atoms with Gasteiger partial charge in [-0.2, -0.15) is 0 Å². The number of aldehydes is 1. The Morgan fingerprint density at radius 1 is 1.06 bits per heavy atom. The van der Waals surface area contributed by atoms with Gasteiger partial charge in [0.25, 0.3) is 0 Å². The van der Waals surface area contributed by atoms with Gasteiger partial charge in [0.15, 0.2) is 0 Å². The third-order valence-electron chi connectivity index (χ3n) is 14.8. The minimum atomic E-state index is -1.16. The van der Waals surface area contributed by atoms with Crippen LogP contribution in [0.25, 0.3) is 0 Å². The maximum Gasteiger partial charge on any atom is 0.315 e. The van der Waals surface area contributed by atoms with Gasteiger partial charge < -0.3 is 19.5 Å². The van der Waals surface area contributed by atoms with E-state index in [1.54, 1.807) is 0 Å². The second kappa shape index (κ2) is 15.6. The number of aliphatic carboxylic acids is 1. The number of carboxylic acid groups (broad SMARTS) is 1. The smallest absolute Gasteiger partial charge is 0.315 e. The van der Waals surface area contributed by atoms with E-state index in [1.165, 1.54) is 70.9 Å². The average molecular weight is 779 g/mol. The van der Waals surface area contributed by atoms with Crippen LogP contribution in [0.5, 0.6) is 0 Å². The van der Waals surface area contributed by atoms with Crippen molar-refractivity contribution in [1.29, 1.82) is 0 Å². The number of carboxylic acids is 1. The molecular formula is C41H67IN2O4. The molecule has 0 spiro atoms. The van der Waals surface area contributed by atoms with Crippen molar-refractivity contribution in [1.82, 2.24) is 9.80 Å². The van der Waals surface area contributed by atoms with Crippen LogP contribution in [0.1, 0.15) is 124 Å². The van der Waals surface area contributed by atoms with Crippen molar-refractivity contribution >= 4 is 34.8 Å². The summed E-state index contributed by atoms with van der Waals surface area (Å²) in [7, 11) is 0. The van der Waals surface area contributed by atoms with Gasteiger partial charge in [-0.05, 0) is 111 Å². The van der Waals surface area contributed by atoms with Crippen LogP contribution in [-0.4, -0.2) is 83.1 Å². The van der Waals surface area contributed by atoms with Gasteiger partial charge in [0, 0.05) is 30.5 Å². The maximum atomic E-state index is 14.2. The van der Waals surface area contributed by atoms with Crippen LogP contribution in [0.3, 0.4) is 0 Å². The molecule has 7 heteroatoms. The van der Waals surface area contributed by atoms with Gasteiger partial charge in [0.2, 0.25) is 0 Å². The lowest BCUT2D eigenvalue weighted by molar-refractivity contribution is -0.190. The van der Waals surface area contributed by atoms with E-state index in [-0.39, 0.29) is 24.0 Å². The monoisotopic (exact) mass is 778 g/mol. The minimum absolute atomic E-state index is 0.0948. The van der Waals surface area contributed by atoms with Crippen LogP contribution >= 0.6 is 22.6 Å². The molecule has 6 unspecified atom stereocenters. The first-order chi connectivity index (χ1) is 23.2. The van der Waals surface area contributed by atoms with Gasteiger partial charge in [0.05, 0.1) is 12.2 Å². The van der Waals surface area contributed by atoms with Gasteiger partial charge in [0.1, 0.15) is 11.7 Å². The van der Waals surface area contributed by atoms with Gasteiger partial charge in [-0.3, -0.25) is 9.69 Å². The van der Waals surface area contributed by atoms with E-state index in [4.69, 9.17) is 4.74 Å². The summed E-state index contributed by atoms with van der Waals surface area (Å²) in [6, 6.07) is 0. The molecule has 2 saturated heterocycles. The number of ether oxygens (including phenoxy) is 1. The first-order valence-electron chi connectivity index (χ1n) is 20.3. The van der Waals surface area contributed by atoms with E-state index in [0.29, 0.717) is 36.5 Å². The summed E-state index contributed by atoms with van der Waals surface area (Å²) in [5.41, 5.74) is -1.53. The summed E-state index contributed by atoms with van der Waals surface area (Å²) < 4.78 is 8.68. The van der Waals surface area contributed by atoms with Crippen molar-refractivity contribution in [3.05, 3.63) is 11.6 Å². The molecule has 0 aromatic rings. The van der Waals surface area contributed by atoms with E-state index < -0.39 is 22.2 Å². The number of hydrogen-bond donors (Lipinski definition) is 1. The second-order valence-electron chi connectivity index (χ2n) is 17.6. The standard InChI is InChI=1S/C41H67IN2O4/c1-5-17-44(21-20-43-18-11-8-12-19-43)27-36-34(31-13-9-6-7-10-14-31)23-37(48-36)40-25-32(30(4)15-16-42)24-39(28-45)26-33(40)22-35(29(2)3)41(39,40)38(46)47/h22,28-34,36-37H,5-21,23-27H2,1-4H3,(H,46,47)/t30-,32-,33?,34?,36?,37?,39?,40?,41+/m1/s1. The van der Waals surface area contributed by atoms with Gasteiger partial charge in [-0.15, -0.1) is 0 Å². The number of likely N-dealkylation sites (tertiary alicyclic amines) is 1. The Labute approximate surface area is 306 Å². The molecule has 5 fully saturated rings. The topological polar surface area (TPSA) is 70.1 Å². The predicted octanol–water partition coefficient (Wildman–Crippen LogP) is 8.66. The summed E-state index contributed by atoms with van der Waals surface area (Å²) in [5, 5.41) is 11.6. The van der Waals surface area contributed by atoms with Crippen LogP contribution < -0.4 is 0 Å². The third kappa shape index (κ3) is 6.31. The van der Waals surface area contributed by atoms with Crippen molar-refractivity contribution in [3.8, 4) is 0 Å². The number of carbonyl (C=O) groups is 2. The zero-order chi connectivity index (χ0) is 34.1. The van der Waals surface area contributed by atoms with Crippen LogP contribution in [0.4, 0.5) is 0 Å². The molecule has 0 radical (unpaired) electrons. The summed E-state index contributed by atoms with van der Waals surface area (Å²) in [5.74, 6) is 1.37. The van der Waals surface area contributed by atoms with Crippen molar-refractivity contribution in [2.24, 2.45) is 51.8 Å². The van der Waals surface area contributed by atoms with Gasteiger partial charge in [-0.25, -0.2) is 0 Å². The van der Waals surface area contributed by atoms with Crippen molar-refractivity contribution < 1.29 is 19.4 Å². The molecule has 272 valence electrons.